The first-order chi connectivity index (χ1) is 9.13. The molecule has 0 saturated carbocycles. The predicted octanol–water partition coefficient (Wildman–Crippen LogP) is 4.66. The minimum Gasteiger partial charge on any atom is -0.389 e. The maximum absolute atomic E-state index is 9.62. The normalized spacial score (nSPS) is 12.2. The van der Waals surface area contributed by atoms with Crippen molar-refractivity contribution in [3.05, 3.63) is 58.6 Å². The standard InChI is InChI=1S/C16H18BrNO/c1-3-18(14-7-5-4-6-8-14)16-10-9-13(12(2)19)11-15(16)17/h4-12,19H,3H2,1-2H3. The molecule has 0 aromatic heterocycles. The summed E-state index contributed by atoms with van der Waals surface area (Å²) in [4.78, 5) is 2.23. The van der Waals surface area contributed by atoms with Crippen LogP contribution in [-0.4, -0.2) is 11.7 Å². The van der Waals surface area contributed by atoms with E-state index in [0.717, 1.165) is 28.0 Å². The first-order valence-electron chi connectivity index (χ1n) is 6.43. The maximum Gasteiger partial charge on any atom is 0.0762 e. The molecule has 0 fully saturated rings. The summed E-state index contributed by atoms with van der Waals surface area (Å²) < 4.78 is 0.997. The molecular weight excluding hydrogens is 302 g/mol. The molecular formula is C16H18BrNO. The molecule has 0 aliphatic carbocycles. The Bertz CT molecular complexity index is 540. The predicted molar refractivity (Wildman–Crippen MR) is 83.9 cm³/mol. The highest BCUT2D eigenvalue weighted by molar-refractivity contribution is 9.10. The highest BCUT2D eigenvalue weighted by Gasteiger charge is 2.12. The third-order valence-electron chi connectivity index (χ3n) is 3.13. The molecule has 1 atom stereocenters. The van der Waals surface area contributed by atoms with Crippen molar-refractivity contribution in [3.63, 3.8) is 0 Å². The van der Waals surface area contributed by atoms with Crippen LogP contribution in [0.4, 0.5) is 11.4 Å². The van der Waals surface area contributed by atoms with E-state index in [2.05, 4.69) is 39.9 Å². The number of benzene rings is 2. The van der Waals surface area contributed by atoms with Gasteiger partial charge in [0.2, 0.25) is 0 Å². The molecule has 0 spiro atoms. The zero-order valence-corrected chi connectivity index (χ0v) is 12.8. The lowest BCUT2D eigenvalue weighted by molar-refractivity contribution is 0.199. The third-order valence-corrected chi connectivity index (χ3v) is 3.76. The number of nitrogens with zero attached hydrogens (tertiary/aromatic N) is 1. The Morgan fingerprint density at radius 1 is 1.16 bits per heavy atom. The lowest BCUT2D eigenvalue weighted by Gasteiger charge is -2.25. The van der Waals surface area contributed by atoms with Crippen LogP contribution in [0, 0.1) is 0 Å². The topological polar surface area (TPSA) is 23.5 Å². The van der Waals surface area contributed by atoms with E-state index in [1.54, 1.807) is 6.92 Å². The average Bonchev–Trinajstić information content (AvgIpc) is 2.42. The molecule has 1 N–H and O–H groups in total. The van der Waals surface area contributed by atoms with Crippen molar-refractivity contribution in [1.82, 2.24) is 0 Å². The van der Waals surface area contributed by atoms with Crippen molar-refractivity contribution in [2.75, 3.05) is 11.4 Å². The van der Waals surface area contributed by atoms with Crippen LogP contribution in [0.3, 0.4) is 0 Å². The maximum atomic E-state index is 9.62. The fraction of sp³-hybridized carbons (Fsp3) is 0.250. The number of hydrogen-bond donors (Lipinski definition) is 1. The number of rotatable bonds is 4. The molecule has 1 unspecified atom stereocenters. The van der Waals surface area contributed by atoms with E-state index in [1.165, 1.54) is 0 Å². The summed E-state index contributed by atoms with van der Waals surface area (Å²) in [5.74, 6) is 0. The largest absolute Gasteiger partial charge is 0.389 e. The van der Waals surface area contributed by atoms with Crippen LogP contribution in [0.1, 0.15) is 25.5 Å². The van der Waals surface area contributed by atoms with E-state index in [-0.39, 0.29) is 0 Å². The Kier molecular flexibility index (Phi) is 4.61. The Morgan fingerprint density at radius 3 is 2.37 bits per heavy atom. The fourth-order valence-corrected chi connectivity index (χ4v) is 2.71. The quantitative estimate of drug-likeness (QED) is 0.885. The second kappa shape index (κ2) is 6.22. The number of aliphatic hydroxyl groups excluding tert-OH is 1. The van der Waals surface area contributed by atoms with Gasteiger partial charge >= 0.3 is 0 Å². The minimum absolute atomic E-state index is 0.447. The van der Waals surface area contributed by atoms with Gasteiger partial charge in [-0.05, 0) is 59.6 Å². The number of aliphatic hydroxyl groups is 1. The molecule has 2 aromatic carbocycles. The van der Waals surface area contributed by atoms with Gasteiger partial charge in [-0.25, -0.2) is 0 Å². The van der Waals surface area contributed by atoms with Crippen LogP contribution in [0.25, 0.3) is 0 Å². The molecule has 2 aromatic rings. The Balaban J connectivity index is 2.39. The van der Waals surface area contributed by atoms with Crippen molar-refractivity contribution >= 4 is 27.3 Å². The van der Waals surface area contributed by atoms with Crippen LogP contribution < -0.4 is 4.90 Å². The van der Waals surface area contributed by atoms with Crippen molar-refractivity contribution in [3.8, 4) is 0 Å². The van der Waals surface area contributed by atoms with E-state index in [1.807, 2.05) is 36.4 Å². The molecule has 0 radical (unpaired) electrons. The lowest BCUT2D eigenvalue weighted by Crippen LogP contribution is -2.16. The van der Waals surface area contributed by atoms with Gasteiger partial charge in [0.05, 0.1) is 11.8 Å². The zero-order valence-electron chi connectivity index (χ0n) is 11.2. The van der Waals surface area contributed by atoms with Crippen LogP contribution in [0.15, 0.2) is 53.0 Å². The molecule has 0 aliphatic rings. The first kappa shape index (κ1) is 14.1. The molecule has 0 bridgehead atoms. The van der Waals surface area contributed by atoms with Gasteiger partial charge in [0, 0.05) is 16.7 Å². The van der Waals surface area contributed by atoms with Gasteiger partial charge in [-0.3, -0.25) is 0 Å². The summed E-state index contributed by atoms with van der Waals surface area (Å²) in [6.07, 6.45) is -0.447. The second-order valence-corrected chi connectivity index (χ2v) is 5.32. The molecule has 0 amide bonds. The van der Waals surface area contributed by atoms with Gasteiger partial charge in [-0.1, -0.05) is 24.3 Å². The Labute approximate surface area is 122 Å². The SMILES string of the molecule is CCN(c1ccccc1)c1ccc(C(C)O)cc1Br. The van der Waals surface area contributed by atoms with Gasteiger partial charge < -0.3 is 10.0 Å². The summed E-state index contributed by atoms with van der Waals surface area (Å²) in [5.41, 5.74) is 3.19. The summed E-state index contributed by atoms with van der Waals surface area (Å²) >= 11 is 3.60. The molecule has 19 heavy (non-hydrogen) atoms. The third kappa shape index (κ3) is 3.17. The average molecular weight is 320 g/mol. The van der Waals surface area contributed by atoms with Crippen LogP contribution in [0.5, 0.6) is 0 Å². The number of halogens is 1. The highest BCUT2D eigenvalue weighted by Crippen LogP contribution is 2.33. The van der Waals surface area contributed by atoms with Gasteiger partial charge in [0.15, 0.2) is 0 Å². The number of anilines is 2. The smallest absolute Gasteiger partial charge is 0.0762 e. The summed E-state index contributed by atoms with van der Waals surface area (Å²) in [7, 11) is 0. The molecule has 100 valence electrons. The van der Waals surface area contributed by atoms with E-state index < -0.39 is 6.10 Å². The van der Waals surface area contributed by atoms with E-state index in [0.29, 0.717) is 0 Å². The fourth-order valence-electron chi connectivity index (χ4n) is 2.10. The lowest BCUT2D eigenvalue weighted by atomic mass is 10.1. The van der Waals surface area contributed by atoms with Crippen LogP contribution >= 0.6 is 15.9 Å². The highest BCUT2D eigenvalue weighted by atomic mass is 79.9. The minimum atomic E-state index is -0.447. The summed E-state index contributed by atoms with van der Waals surface area (Å²) in [6, 6.07) is 16.3. The molecule has 2 nitrogen and oxygen atoms in total. The number of hydrogen-bond acceptors (Lipinski definition) is 2. The second-order valence-electron chi connectivity index (χ2n) is 4.47. The first-order valence-corrected chi connectivity index (χ1v) is 7.23. The van der Waals surface area contributed by atoms with Crippen LogP contribution in [0.2, 0.25) is 0 Å². The van der Waals surface area contributed by atoms with Gasteiger partial charge in [0.25, 0.3) is 0 Å². The van der Waals surface area contributed by atoms with Crippen LogP contribution in [-0.2, 0) is 0 Å². The van der Waals surface area contributed by atoms with Crippen molar-refractivity contribution in [1.29, 1.82) is 0 Å². The van der Waals surface area contributed by atoms with E-state index in [9.17, 15) is 5.11 Å². The molecule has 0 heterocycles. The van der Waals surface area contributed by atoms with E-state index >= 15 is 0 Å². The zero-order chi connectivity index (χ0) is 13.8. The molecule has 0 saturated heterocycles. The monoisotopic (exact) mass is 319 g/mol. The summed E-state index contributed by atoms with van der Waals surface area (Å²) in [6.45, 7) is 4.79. The van der Waals surface area contributed by atoms with Crippen molar-refractivity contribution in [2.45, 2.75) is 20.0 Å². The number of para-hydroxylation sites is 1. The van der Waals surface area contributed by atoms with Crippen molar-refractivity contribution < 1.29 is 5.11 Å². The van der Waals surface area contributed by atoms with Gasteiger partial charge in [-0.15, -0.1) is 0 Å². The van der Waals surface area contributed by atoms with Crippen molar-refractivity contribution in [2.24, 2.45) is 0 Å². The molecule has 3 heteroatoms. The Morgan fingerprint density at radius 2 is 1.84 bits per heavy atom. The van der Waals surface area contributed by atoms with E-state index in [4.69, 9.17) is 0 Å². The van der Waals surface area contributed by atoms with Gasteiger partial charge in [0.1, 0.15) is 0 Å². The molecule has 0 aliphatic heterocycles. The Hall–Kier alpha value is -1.32. The van der Waals surface area contributed by atoms with Gasteiger partial charge in [-0.2, -0.15) is 0 Å². The summed E-state index contributed by atoms with van der Waals surface area (Å²) in [5, 5.41) is 9.62. The molecule has 2 rings (SSSR count).